The van der Waals surface area contributed by atoms with Crippen LogP contribution in [0.2, 0.25) is 0 Å². The van der Waals surface area contributed by atoms with Crippen molar-refractivity contribution in [2.45, 2.75) is 51.5 Å². The molecule has 3 heterocycles. The zero-order chi connectivity index (χ0) is 27.0. The molecule has 0 spiro atoms. The number of nitrogens with one attached hydrogen (secondary N) is 2. The first-order chi connectivity index (χ1) is 18.3. The maximum atomic E-state index is 12.8. The number of ether oxygens (including phenoxy) is 1. The second kappa shape index (κ2) is 12.6. The van der Waals surface area contributed by atoms with Gasteiger partial charge in [0.25, 0.3) is 11.8 Å². The topological polar surface area (TPSA) is 129 Å². The number of halogens is 3. The second-order valence-electron chi connectivity index (χ2n) is 9.09. The molecule has 0 aliphatic carbocycles. The van der Waals surface area contributed by atoms with Gasteiger partial charge in [-0.1, -0.05) is 22.6 Å². The van der Waals surface area contributed by atoms with Crippen molar-refractivity contribution in [2.24, 2.45) is 5.92 Å². The van der Waals surface area contributed by atoms with Crippen molar-refractivity contribution in [1.29, 1.82) is 0 Å². The third-order valence-corrected chi connectivity index (χ3v) is 6.17. The quantitative estimate of drug-likeness (QED) is 0.362. The van der Waals surface area contributed by atoms with Crippen LogP contribution < -0.4 is 10.6 Å². The van der Waals surface area contributed by atoms with Crippen LogP contribution in [-0.2, 0) is 30.5 Å². The monoisotopic (exact) mass is 534 g/mol. The van der Waals surface area contributed by atoms with E-state index in [1.165, 1.54) is 23.0 Å². The zero-order valence-electron chi connectivity index (χ0n) is 20.7. The Kier molecular flexibility index (Phi) is 9.05. The van der Waals surface area contributed by atoms with E-state index in [1.807, 2.05) is 0 Å². The average Bonchev–Trinajstić information content (AvgIpc) is 3.59. The highest BCUT2D eigenvalue weighted by Crippen LogP contribution is 2.29. The molecule has 1 aromatic carbocycles. The van der Waals surface area contributed by atoms with E-state index >= 15 is 0 Å². The van der Waals surface area contributed by atoms with E-state index in [0.717, 1.165) is 44.6 Å². The maximum Gasteiger partial charge on any atom is 0.416 e. The van der Waals surface area contributed by atoms with E-state index < -0.39 is 17.6 Å². The van der Waals surface area contributed by atoms with Crippen molar-refractivity contribution in [2.75, 3.05) is 19.8 Å². The Hall–Kier alpha value is -3.81. The predicted molar refractivity (Wildman–Crippen MR) is 128 cm³/mol. The molecule has 0 bridgehead atoms. The molecule has 0 saturated carbocycles. The van der Waals surface area contributed by atoms with E-state index in [2.05, 4.69) is 31.3 Å². The molecule has 2 N–H and O–H groups in total. The number of hydrogen-bond acceptors (Lipinski definition) is 7. The Labute approximate surface area is 216 Å². The van der Waals surface area contributed by atoms with Gasteiger partial charge in [-0.3, -0.25) is 19.0 Å². The first-order valence-corrected chi connectivity index (χ1v) is 12.4. The first-order valence-electron chi connectivity index (χ1n) is 12.4. The Morgan fingerprint density at radius 3 is 2.16 bits per heavy atom. The normalized spacial score (nSPS) is 14.4. The van der Waals surface area contributed by atoms with Crippen LogP contribution in [0.5, 0.6) is 0 Å². The number of benzene rings is 1. The van der Waals surface area contributed by atoms with Crippen LogP contribution in [0.25, 0.3) is 0 Å². The van der Waals surface area contributed by atoms with Gasteiger partial charge in [-0.2, -0.15) is 13.2 Å². The average molecular weight is 535 g/mol. The number of carbonyl (C=O) groups excluding carboxylic acids is 2. The van der Waals surface area contributed by atoms with E-state index in [9.17, 15) is 22.8 Å². The number of amides is 2. The lowest BCUT2D eigenvalue weighted by molar-refractivity contribution is -0.137. The minimum atomic E-state index is -4.45. The van der Waals surface area contributed by atoms with Gasteiger partial charge in [-0.15, -0.1) is 10.2 Å². The van der Waals surface area contributed by atoms with E-state index in [1.54, 1.807) is 10.9 Å². The number of alkyl halides is 3. The van der Waals surface area contributed by atoms with Crippen LogP contribution in [0.1, 0.15) is 57.8 Å². The summed E-state index contributed by atoms with van der Waals surface area (Å²) in [5.41, 5.74) is -0.0985. The molecule has 1 saturated heterocycles. The molecule has 1 fully saturated rings. The molecule has 0 atom stereocenters. The summed E-state index contributed by atoms with van der Waals surface area (Å²) in [6.45, 7) is 3.04. The maximum absolute atomic E-state index is 12.8. The van der Waals surface area contributed by atoms with Gasteiger partial charge >= 0.3 is 6.18 Å². The minimum absolute atomic E-state index is 0.0664. The number of hydrogen-bond donors (Lipinski definition) is 2. The summed E-state index contributed by atoms with van der Waals surface area (Å²) in [6.07, 6.45) is 1.95. The lowest BCUT2D eigenvalue weighted by atomic mass is 10.0. The molecule has 3 aromatic rings. The third kappa shape index (κ3) is 7.84. The number of aryl methyl sites for hydroxylation is 2. The lowest BCUT2D eigenvalue weighted by Crippen LogP contribution is -2.32. The van der Waals surface area contributed by atoms with Crippen LogP contribution in [0.15, 0.2) is 36.7 Å². The smallest absolute Gasteiger partial charge is 0.381 e. The molecule has 11 nitrogen and oxygen atoms in total. The fourth-order valence-corrected chi connectivity index (χ4v) is 3.98. The predicted octanol–water partition coefficient (Wildman–Crippen LogP) is 2.46. The third-order valence-electron chi connectivity index (χ3n) is 6.17. The first kappa shape index (κ1) is 27.2. The van der Waals surface area contributed by atoms with Gasteiger partial charge in [0.1, 0.15) is 0 Å². The van der Waals surface area contributed by atoms with Gasteiger partial charge in [0, 0.05) is 39.4 Å². The number of aromatic nitrogens is 6. The van der Waals surface area contributed by atoms with Gasteiger partial charge in [0.05, 0.1) is 18.0 Å². The SMILES string of the molecule is O=C(NCc1cccc(C(F)(F)F)c1)c1cn(CCCCn2cc(C(=O)NCC3CCOCC3)nn2)nn1. The minimum Gasteiger partial charge on any atom is -0.381 e. The second-order valence-corrected chi connectivity index (χ2v) is 9.09. The Balaban J connectivity index is 1.15. The van der Waals surface area contributed by atoms with E-state index in [4.69, 9.17) is 4.74 Å². The van der Waals surface area contributed by atoms with Crippen molar-refractivity contribution in [3.8, 4) is 0 Å². The highest BCUT2D eigenvalue weighted by atomic mass is 19.4. The molecular formula is C24H29F3N8O3. The summed E-state index contributed by atoms with van der Waals surface area (Å²) in [6, 6.07) is 4.77. The molecule has 2 amide bonds. The summed E-state index contributed by atoms with van der Waals surface area (Å²) in [4.78, 5) is 24.6. The standard InChI is InChI=1S/C24H29F3N8O3/c25-24(26,27)19-5-3-4-18(12-19)14-29-23(37)21-16-35(33-31-21)9-2-1-8-34-15-20(30-32-34)22(36)28-13-17-6-10-38-11-7-17/h3-5,12,15-17H,1-2,6-11,13-14H2,(H,28,36)(H,29,37). The number of unbranched alkanes of at least 4 members (excludes halogenated alkanes) is 1. The molecule has 1 aliphatic rings. The fourth-order valence-electron chi connectivity index (χ4n) is 3.98. The number of nitrogens with zero attached hydrogens (tertiary/aromatic N) is 6. The molecule has 0 radical (unpaired) electrons. The molecule has 14 heteroatoms. The van der Waals surface area contributed by atoms with E-state index in [-0.39, 0.29) is 23.8 Å². The van der Waals surface area contributed by atoms with E-state index in [0.29, 0.717) is 37.5 Å². The van der Waals surface area contributed by atoms with Crippen LogP contribution >= 0.6 is 0 Å². The summed E-state index contributed by atoms with van der Waals surface area (Å²) in [7, 11) is 0. The lowest BCUT2D eigenvalue weighted by Gasteiger charge is -2.21. The Bertz CT molecular complexity index is 1220. The zero-order valence-corrected chi connectivity index (χ0v) is 20.7. The van der Waals surface area contributed by atoms with Crippen molar-refractivity contribution < 1.29 is 27.5 Å². The highest BCUT2D eigenvalue weighted by molar-refractivity contribution is 5.92. The summed E-state index contributed by atoms with van der Waals surface area (Å²) in [5, 5.41) is 21.2. The largest absolute Gasteiger partial charge is 0.416 e. The summed E-state index contributed by atoms with van der Waals surface area (Å²) in [5.74, 6) is -0.357. The molecule has 204 valence electrons. The molecular weight excluding hydrogens is 505 g/mol. The molecule has 38 heavy (non-hydrogen) atoms. The summed E-state index contributed by atoms with van der Waals surface area (Å²) < 4.78 is 47.0. The van der Waals surface area contributed by atoms with Crippen molar-refractivity contribution >= 4 is 11.8 Å². The molecule has 2 aromatic heterocycles. The van der Waals surface area contributed by atoms with Crippen LogP contribution in [0.4, 0.5) is 13.2 Å². The van der Waals surface area contributed by atoms with Crippen molar-refractivity contribution in [1.82, 2.24) is 40.6 Å². The van der Waals surface area contributed by atoms with Gasteiger partial charge in [0.15, 0.2) is 11.4 Å². The molecule has 1 aliphatic heterocycles. The molecule has 0 unspecified atom stereocenters. The Morgan fingerprint density at radius 1 is 0.947 bits per heavy atom. The van der Waals surface area contributed by atoms with Crippen molar-refractivity contribution in [3.63, 3.8) is 0 Å². The van der Waals surface area contributed by atoms with Gasteiger partial charge in [-0.25, -0.2) is 0 Å². The summed E-state index contributed by atoms with van der Waals surface area (Å²) >= 11 is 0. The van der Waals surface area contributed by atoms with Crippen LogP contribution in [0, 0.1) is 5.92 Å². The highest BCUT2D eigenvalue weighted by Gasteiger charge is 2.30. The van der Waals surface area contributed by atoms with Gasteiger partial charge < -0.3 is 15.4 Å². The van der Waals surface area contributed by atoms with Crippen LogP contribution in [-0.4, -0.2) is 61.6 Å². The molecule has 4 rings (SSSR count). The van der Waals surface area contributed by atoms with Crippen molar-refractivity contribution in [3.05, 3.63) is 59.2 Å². The van der Waals surface area contributed by atoms with Crippen LogP contribution in [0.3, 0.4) is 0 Å². The van der Waals surface area contributed by atoms with Gasteiger partial charge in [-0.05, 0) is 49.3 Å². The number of carbonyl (C=O) groups is 2. The fraction of sp³-hybridized carbons (Fsp3) is 0.500. The van der Waals surface area contributed by atoms with Gasteiger partial charge in [0.2, 0.25) is 0 Å². The Morgan fingerprint density at radius 2 is 1.55 bits per heavy atom. The number of rotatable bonds is 11.